The summed E-state index contributed by atoms with van der Waals surface area (Å²) in [6.07, 6.45) is 9.29. The van der Waals surface area contributed by atoms with Crippen LogP contribution in [-0.4, -0.2) is 24.9 Å². The molecular weight excluding hydrogens is 372 g/mol. The summed E-state index contributed by atoms with van der Waals surface area (Å²) in [6.45, 7) is 0. The van der Waals surface area contributed by atoms with Gasteiger partial charge in [-0.15, -0.1) is 0 Å². The van der Waals surface area contributed by atoms with E-state index in [-0.39, 0.29) is 0 Å². The molecule has 0 fully saturated rings. The maximum absolute atomic E-state index is 10.4. The zero-order chi connectivity index (χ0) is 20.7. The first-order valence-electron chi connectivity index (χ1n) is 8.22. The summed E-state index contributed by atoms with van der Waals surface area (Å²) in [7, 11) is 0. The van der Waals surface area contributed by atoms with E-state index in [0.717, 1.165) is 5.69 Å². The fourth-order valence-electron chi connectivity index (χ4n) is 2.60. The van der Waals surface area contributed by atoms with Crippen molar-refractivity contribution in [3.8, 4) is 5.75 Å². The van der Waals surface area contributed by atoms with E-state index in [1.165, 1.54) is 31.3 Å². The molecule has 0 saturated carbocycles. The van der Waals surface area contributed by atoms with E-state index in [2.05, 4.69) is 23.2 Å². The van der Waals surface area contributed by atoms with E-state index in [1.54, 1.807) is 0 Å². The van der Waals surface area contributed by atoms with Crippen molar-refractivity contribution in [1.29, 1.82) is 0 Å². The van der Waals surface area contributed by atoms with Crippen LogP contribution in [-0.2, 0) is 0 Å². The summed E-state index contributed by atoms with van der Waals surface area (Å²) < 4.78 is 0. The van der Waals surface area contributed by atoms with Crippen LogP contribution in [0.4, 0.5) is 17.1 Å². The molecule has 0 atom stereocenters. The Morgan fingerprint density at radius 3 is 2.00 bits per heavy atom. The van der Waals surface area contributed by atoms with Gasteiger partial charge in [0.2, 0.25) is 0 Å². The van der Waals surface area contributed by atoms with E-state index >= 15 is 0 Å². The van der Waals surface area contributed by atoms with E-state index in [9.17, 15) is 30.3 Å². The molecule has 0 unspecified atom stereocenters. The summed E-state index contributed by atoms with van der Waals surface area (Å²) in [5.41, 5.74) is -0.406. The maximum Gasteiger partial charge on any atom is 0.324 e. The van der Waals surface area contributed by atoms with Crippen LogP contribution < -0.4 is 0 Å². The average Bonchev–Trinajstić information content (AvgIpc) is 2.69. The van der Waals surface area contributed by atoms with Crippen molar-refractivity contribution >= 4 is 22.6 Å². The minimum absolute atomic E-state index is 0.447. The van der Waals surface area contributed by atoms with Gasteiger partial charge in [-0.25, -0.2) is 0 Å². The lowest BCUT2D eigenvalue weighted by atomic mass is 9.97. The Balaban J connectivity index is 0.000000207. The van der Waals surface area contributed by atoms with Gasteiger partial charge in [-0.3, -0.25) is 35.3 Å². The largest absolute Gasteiger partial charge is 0.497 e. The molecule has 11 nitrogen and oxygen atoms in total. The first kappa shape index (κ1) is 20.4. The van der Waals surface area contributed by atoms with Gasteiger partial charge in [0.25, 0.3) is 11.4 Å². The van der Waals surface area contributed by atoms with E-state index in [1.807, 2.05) is 12.3 Å². The Morgan fingerprint density at radius 1 is 0.929 bits per heavy atom. The Morgan fingerprint density at radius 2 is 1.57 bits per heavy atom. The summed E-state index contributed by atoms with van der Waals surface area (Å²) in [5, 5.41) is 40.2. The molecule has 1 N–H and O–H groups in total. The Hall–Kier alpha value is -3.89. The van der Waals surface area contributed by atoms with E-state index < -0.39 is 37.6 Å². The van der Waals surface area contributed by atoms with Crippen molar-refractivity contribution in [3.05, 3.63) is 78.6 Å². The smallest absolute Gasteiger partial charge is 0.324 e. The summed E-state index contributed by atoms with van der Waals surface area (Å²) in [4.78, 5) is 32.1. The molecule has 1 aromatic carbocycles. The number of nitro groups is 3. The first-order valence-corrected chi connectivity index (χ1v) is 8.22. The number of rotatable bonds is 4. The monoisotopic (exact) mass is 388 g/mol. The second-order valence-corrected chi connectivity index (χ2v) is 5.79. The highest BCUT2D eigenvalue weighted by Gasteiger charge is 2.30. The highest BCUT2D eigenvalue weighted by molar-refractivity contribution is 5.64. The number of aromatic hydroxyl groups is 1. The SMILES string of the molecule is C1=C(c2ccccn2)CCCC1.O=[N+]([O-])c1cc([N+](=O)[O-])c(O)c([N+](=O)[O-])c1. The highest BCUT2D eigenvalue weighted by atomic mass is 16.6. The number of allylic oxidation sites excluding steroid dienone is 2. The Kier molecular flexibility index (Phi) is 6.68. The van der Waals surface area contributed by atoms with Crippen molar-refractivity contribution in [2.45, 2.75) is 25.7 Å². The standard InChI is InChI=1S/C11H13N.C6H3N3O7/c1-2-6-10(7-3-1)11-8-4-5-9-12-11;10-6-4(8(13)14)1-3(7(11)12)2-5(6)9(15)16/h4-6,8-9H,1-3,7H2;1-2,10H. The van der Waals surface area contributed by atoms with Gasteiger partial charge in [0.05, 0.1) is 32.6 Å². The van der Waals surface area contributed by atoms with Crippen molar-refractivity contribution < 1.29 is 19.9 Å². The molecule has 1 heterocycles. The molecule has 0 radical (unpaired) electrons. The van der Waals surface area contributed by atoms with Crippen molar-refractivity contribution in [1.82, 2.24) is 4.98 Å². The minimum Gasteiger partial charge on any atom is -0.497 e. The van der Waals surface area contributed by atoms with Crippen LogP contribution in [0.3, 0.4) is 0 Å². The second-order valence-electron chi connectivity index (χ2n) is 5.79. The first-order chi connectivity index (χ1) is 13.3. The predicted octanol–water partition coefficient (Wildman–Crippen LogP) is 4.16. The van der Waals surface area contributed by atoms with E-state index in [0.29, 0.717) is 12.1 Å². The number of hydrogen-bond donors (Lipinski definition) is 1. The zero-order valence-corrected chi connectivity index (χ0v) is 14.6. The van der Waals surface area contributed by atoms with Crippen molar-refractivity contribution in [2.75, 3.05) is 0 Å². The molecular formula is C17H16N4O7. The van der Waals surface area contributed by atoms with Crippen LogP contribution in [0.15, 0.2) is 42.6 Å². The lowest BCUT2D eigenvalue weighted by Crippen LogP contribution is -1.97. The van der Waals surface area contributed by atoms with Crippen LogP contribution in [0, 0.1) is 30.3 Å². The Labute approximate surface area is 158 Å². The number of nitro benzene ring substituents is 3. The van der Waals surface area contributed by atoms with Gasteiger partial charge in [-0.2, -0.15) is 0 Å². The van der Waals surface area contributed by atoms with Crippen LogP contribution in [0.25, 0.3) is 5.57 Å². The van der Waals surface area contributed by atoms with Gasteiger partial charge in [0, 0.05) is 6.20 Å². The molecule has 1 aromatic heterocycles. The Bertz CT molecular complexity index is 893. The number of hydrogen-bond acceptors (Lipinski definition) is 8. The van der Waals surface area contributed by atoms with Gasteiger partial charge in [0.1, 0.15) is 0 Å². The fraction of sp³-hybridized carbons (Fsp3) is 0.235. The number of benzene rings is 1. The minimum atomic E-state index is -1.21. The molecule has 2 aromatic rings. The topological polar surface area (TPSA) is 163 Å². The predicted molar refractivity (Wildman–Crippen MR) is 98.8 cm³/mol. The van der Waals surface area contributed by atoms with Gasteiger partial charge < -0.3 is 5.11 Å². The number of non-ortho nitro benzene ring substituents is 1. The van der Waals surface area contributed by atoms with Gasteiger partial charge in [-0.05, 0) is 43.4 Å². The molecule has 28 heavy (non-hydrogen) atoms. The normalized spacial score (nSPS) is 12.9. The number of aromatic nitrogens is 1. The summed E-state index contributed by atoms with van der Waals surface area (Å²) >= 11 is 0. The average molecular weight is 388 g/mol. The third-order valence-corrected chi connectivity index (χ3v) is 3.94. The molecule has 0 bridgehead atoms. The highest BCUT2D eigenvalue weighted by Crippen LogP contribution is 2.38. The van der Waals surface area contributed by atoms with Crippen LogP contribution in [0.2, 0.25) is 0 Å². The molecule has 0 amide bonds. The lowest BCUT2D eigenvalue weighted by molar-refractivity contribution is -0.404. The third kappa shape index (κ3) is 5.06. The van der Waals surface area contributed by atoms with Crippen LogP contribution in [0.1, 0.15) is 31.4 Å². The van der Waals surface area contributed by atoms with Gasteiger partial charge in [-0.1, -0.05) is 12.1 Å². The van der Waals surface area contributed by atoms with Crippen molar-refractivity contribution in [3.63, 3.8) is 0 Å². The quantitative estimate of drug-likeness (QED) is 0.603. The summed E-state index contributed by atoms with van der Waals surface area (Å²) in [6, 6.07) is 7.01. The van der Waals surface area contributed by atoms with Crippen LogP contribution in [0.5, 0.6) is 5.75 Å². The van der Waals surface area contributed by atoms with E-state index in [4.69, 9.17) is 5.11 Å². The van der Waals surface area contributed by atoms with Gasteiger partial charge >= 0.3 is 11.4 Å². The molecule has 11 heteroatoms. The third-order valence-electron chi connectivity index (χ3n) is 3.94. The molecule has 1 aliphatic rings. The molecule has 3 rings (SSSR count). The van der Waals surface area contributed by atoms with Crippen molar-refractivity contribution in [2.24, 2.45) is 0 Å². The number of nitrogens with zero attached hydrogens (tertiary/aromatic N) is 4. The molecule has 1 aliphatic carbocycles. The zero-order valence-electron chi connectivity index (χ0n) is 14.6. The van der Waals surface area contributed by atoms with Gasteiger partial charge in [0.15, 0.2) is 0 Å². The summed E-state index contributed by atoms with van der Waals surface area (Å²) in [5.74, 6) is -1.21. The number of pyridine rings is 1. The fourth-order valence-corrected chi connectivity index (χ4v) is 2.60. The lowest BCUT2D eigenvalue weighted by Gasteiger charge is -2.11. The molecule has 0 saturated heterocycles. The second kappa shape index (κ2) is 9.16. The maximum atomic E-state index is 10.4. The molecule has 146 valence electrons. The number of phenolic OH excluding ortho intramolecular Hbond substituents is 1. The molecule has 0 aliphatic heterocycles. The van der Waals surface area contributed by atoms with Crippen LogP contribution >= 0.6 is 0 Å². The molecule has 0 spiro atoms. The number of phenols is 1.